The third-order valence-electron chi connectivity index (χ3n) is 4.73. The van der Waals surface area contributed by atoms with Gasteiger partial charge in [0, 0.05) is 6.42 Å². The fraction of sp³-hybridized carbons (Fsp3) is 0.562. The Morgan fingerprint density at radius 1 is 1.37 bits per heavy atom. The SMILES string of the molecule is Cc1ccc(NC(=O)CC2CC3CCC2C3)c(Cl)c1. The molecule has 2 saturated carbocycles. The Kier molecular flexibility index (Phi) is 3.53. The molecule has 102 valence electrons. The van der Waals surface area contributed by atoms with Gasteiger partial charge in [0.15, 0.2) is 0 Å². The molecule has 2 fully saturated rings. The Hall–Kier alpha value is -1.02. The molecule has 2 aliphatic carbocycles. The molecule has 0 heterocycles. The minimum absolute atomic E-state index is 0.114. The normalized spacial score (nSPS) is 28.6. The van der Waals surface area contributed by atoms with E-state index in [0.717, 1.165) is 23.1 Å². The number of anilines is 1. The number of amides is 1. The maximum atomic E-state index is 12.1. The highest BCUT2D eigenvalue weighted by atomic mass is 35.5. The summed E-state index contributed by atoms with van der Waals surface area (Å²) in [6.45, 7) is 1.99. The number of halogens is 1. The summed E-state index contributed by atoms with van der Waals surface area (Å²) < 4.78 is 0. The molecular formula is C16H20ClNO. The molecule has 1 aromatic rings. The third kappa shape index (κ3) is 2.79. The molecule has 2 aliphatic rings. The van der Waals surface area contributed by atoms with Crippen LogP contribution in [0.25, 0.3) is 0 Å². The van der Waals surface area contributed by atoms with Crippen LogP contribution < -0.4 is 5.32 Å². The number of carbonyl (C=O) groups excluding carboxylic acids is 1. The number of hydrogen-bond acceptors (Lipinski definition) is 1. The molecule has 0 saturated heterocycles. The smallest absolute Gasteiger partial charge is 0.224 e. The molecule has 0 spiro atoms. The molecule has 3 heteroatoms. The van der Waals surface area contributed by atoms with Crippen molar-refractivity contribution < 1.29 is 4.79 Å². The van der Waals surface area contributed by atoms with Crippen LogP contribution in [0.2, 0.25) is 5.02 Å². The number of nitrogens with one attached hydrogen (secondary N) is 1. The van der Waals surface area contributed by atoms with E-state index in [-0.39, 0.29) is 5.91 Å². The highest BCUT2D eigenvalue weighted by molar-refractivity contribution is 6.33. The van der Waals surface area contributed by atoms with Gasteiger partial charge in [0.2, 0.25) is 5.91 Å². The average Bonchev–Trinajstić information content (AvgIpc) is 2.95. The van der Waals surface area contributed by atoms with E-state index in [1.165, 1.54) is 25.7 Å². The first-order valence-electron chi connectivity index (χ1n) is 7.18. The van der Waals surface area contributed by atoms with Crippen LogP contribution in [0.15, 0.2) is 18.2 Å². The van der Waals surface area contributed by atoms with E-state index < -0.39 is 0 Å². The molecule has 1 amide bonds. The van der Waals surface area contributed by atoms with E-state index in [1.54, 1.807) is 0 Å². The van der Waals surface area contributed by atoms with Gasteiger partial charge in [-0.3, -0.25) is 4.79 Å². The van der Waals surface area contributed by atoms with Crippen LogP contribution in [0, 0.1) is 24.7 Å². The van der Waals surface area contributed by atoms with Crippen molar-refractivity contribution in [2.24, 2.45) is 17.8 Å². The summed E-state index contributed by atoms with van der Waals surface area (Å²) in [7, 11) is 0. The first-order chi connectivity index (χ1) is 9.11. The quantitative estimate of drug-likeness (QED) is 0.871. The lowest BCUT2D eigenvalue weighted by Crippen LogP contribution is -2.20. The van der Waals surface area contributed by atoms with Gasteiger partial charge in [-0.25, -0.2) is 0 Å². The average molecular weight is 278 g/mol. The largest absolute Gasteiger partial charge is 0.325 e. The van der Waals surface area contributed by atoms with Crippen LogP contribution in [0.4, 0.5) is 5.69 Å². The lowest BCUT2D eigenvalue weighted by Gasteiger charge is -2.21. The molecule has 0 aromatic heterocycles. The maximum Gasteiger partial charge on any atom is 0.224 e. The van der Waals surface area contributed by atoms with Crippen LogP contribution >= 0.6 is 11.6 Å². The van der Waals surface area contributed by atoms with Gasteiger partial charge in [0.25, 0.3) is 0 Å². The Morgan fingerprint density at radius 2 is 2.21 bits per heavy atom. The maximum absolute atomic E-state index is 12.1. The van der Waals surface area contributed by atoms with Crippen LogP contribution in [-0.4, -0.2) is 5.91 Å². The molecule has 1 N–H and O–H groups in total. The summed E-state index contributed by atoms with van der Waals surface area (Å²) in [4.78, 5) is 12.1. The summed E-state index contributed by atoms with van der Waals surface area (Å²) in [5, 5.41) is 3.58. The second kappa shape index (κ2) is 5.16. The fourth-order valence-electron chi connectivity index (χ4n) is 3.79. The summed E-state index contributed by atoms with van der Waals surface area (Å²) in [5.41, 5.74) is 1.84. The number of rotatable bonds is 3. The van der Waals surface area contributed by atoms with Gasteiger partial charge in [0.05, 0.1) is 10.7 Å². The highest BCUT2D eigenvalue weighted by Gasteiger charge is 2.40. The second-order valence-electron chi connectivity index (χ2n) is 6.17. The van der Waals surface area contributed by atoms with E-state index in [1.807, 2.05) is 25.1 Å². The van der Waals surface area contributed by atoms with Crippen molar-refractivity contribution >= 4 is 23.2 Å². The zero-order valence-electron chi connectivity index (χ0n) is 11.3. The molecule has 1 aromatic carbocycles. The van der Waals surface area contributed by atoms with Crippen molar-refractivity contribution in [2.45, 2.75) is 39.0 Å². The van der Waals surface area contributed by atoms with E-state index in [9.17, 15) is 4.79 Å². The zero-order valence-corrected chi connectivity index (χ0v) is 12.0. The first-order valence-corrected chi connectivity index (χ1v) is 7.55. The Bertz CT molecular complexity index is 500. The van der Waals surface area contributed by atoms with Crippen molar-refractivity contribution in [2.75, 3.05) is 5.32 Å². The van der Waals surface area contributed by atoms with Gasteiger partial charge in [-0.05, 0) is 61.6 Å². The van der Waals surface area contributed by atoms with E-state index in [4.69, 9.17) is 11.6 Å². The summed E-state index contributed by atoms with van der Waals surface area (Å²) in [6.07, 6.45) is 5.97. The van der Waals surface area contributed by atoms with Crippen molar-refractivity contribution in [3.05, 3.63) is 28.8 Å². The van der Waals surface area contributed by atoms with Crippen LogP contribution in [-0.2, 0) is 4.79 Å². The highest BCUT2D eigenvalue weighted by Crippen LogP contribution is 2.49. The fourth-order valence-corrected chi connectivity index (χ4v) is 4.07. The van der Waals surface area contributed by atoms with Gasteiger partial charge in [0.1, 0.15) is 0 Å². The molecule has 0 radical (unpaired) electrons. The van der Waals surface area contributed by atoms with Crippen molar-refractivity contribution in [1.82, 2.24) is 0 Å². The third-order valence-corrected chi connectivity index (χ3v) is 5.04. The standard InChI is InChI=1S/C16H20ClNO/c1-10-2-5-15(14(17)6-10)18-16(19)9-13-8-11-3-4-12(13)7-11/h2,5-6,11-13H,3-4,7-9H2,1H3,(H,18,19). The molecular weight excluding hydrogens is 258 g/mol. The predicted molar refractivity (Wildman–Crippen MR) is 78.4 cm³/mol. The summed E-state index contributed by atoms with van der Waals surface area (Å²) >= 11 is 6.14. The number of benzene rings is 1. The first kappa shape index (κ1) is 13.0. The van der Waals surface area contributed by atoms with Crippen molar-refractivity contribution in [3.63, 3.8) is 0 Å². The van der Waals surface area contributed by atoms with E-state index in [0.29, 0.717) is 17.4 Å². The molecule has 2 bridgehead atoms. The molecule has 0 aliphatic heterocycles. The number of aryl methyl sites for hydroxylation is 1. The minimum Gasteiger partial charge on any atom is -0.325 e. The zero-order chi connectivity index (χ0) is 13.4. The second-order valence-corrected chi connectivity index (χ2v) is 6.58. The van der Waals surface area contributed by atoms with Gasteiger partial charge < -0.3 is 5.32 Å². The van der Waals surface area contributed by atoms with E-state index >= 15 is 0 Å². The van der Waals surface area contributed by atoms with Crippen LogP contribution in [0.5, 0.6) is 0 Å². The number of hydrogen-bond donors (Lipinski definition) is 1. The predicted octanol–water partition coefficient (Wildman–Crippen LogP) is 4.41. The Labute approximate surface area is 119 Å². The molecule has 3 atom stereocenters. The lowest BCUT2D eigenvalue weighted by atomic mass is 9.86. The monoisotopic (exact) mass is 277 g/mol. The van der Waals surface area contributed by atoms with Gasteiger partial charge in [-0.1, -0.05) is 24.1 Å². The molecule has 2 nitrogen and oxygen atoms in total. The summed E-state index contributed by atoms with van der Waals surface area (Å²) in [5.74, 6) is 2.40. The molecule has 3 rings (SSSR count). The van der Waals surface area contributed by atoms with Gasteiger partial charge >= 0.3 is 0 Å². The van der Waals surface area contributed by atoms with Crippen LogP contribution in [0.3, 0.4) is 0 Å². The number of carbonyl (C=O) groups is 1. The van der Waals surface area contributed by atoms with Crippen LogP contribution in [0.1, 0.15) is 37.7 Å². The van der Waals surface area contributed by atoms with Gasteiger partial charge in [-0.15, -0.1) is 0 Å². The van der Waals surface area contributed by atoms with Gasteiger partial charge in [-0.2, -0.15) is 0 Å². The Balaban J connectivity index is 1.59. The van der Waals surface area contributed by atoms with Crippen molar-refractivity contribution in [3.8, 4) is 0 Å². The Morgan fingerprint density at radius 3 is 2.84 bits per heavy atom. The summed E-state index contributed by atoms with van der Waals surface area (Å²) in [6, 6.07) is 5.74. The molecule has 3 unspecified atom stereocenters. The lowest BCUT2D eigenvalue weighted by molar-refractivity contribution is -0.117. The minimum atomic E-state index is 0.114. The molecule has 19 heavy (non-hydrogen) atoms. The topological polar surface area (TPSA) is 29.1 Å². The number of fused-ring (bicyclic) bond motifs is 2. The van der Waals surface area contributed by atoms with Crippen molar-refractivity contribution in [1.29, 1.82) is 0 Å². The van der Waals surface area contributed by atoms with E-state index in [2.05, 4.69) is 5.32 Å².